The van der Waals surface area contributed by atoms with Crippen molar-refractivity contribution in [2.24, 2.45) is 5.10 Å². The molecular weight excluding hydrogens is 328 g/mol. The highest BCUT2D eigenvalue weighted by Gasteiger charge is 2.28. The van der Waals surface area contributed by atoms with Crippen LogP contribution in [0.3, 0.4) is 0 Å². The van der Waals surface area contributed by atoms with Crippen LogP contribution in [0.25, 0.3) is 6.08 Å². The van der Waals surface area contributed by atoms with Gasteiger partial charge in [0.2, 0.25) is 0 Å². The van der Waals surface area contributed by atoms with E-state index in [0.717, 1.165) is 17.6 Å². The summed E-state index contributed by atoms with van der Waals surface area (Å²) in [4.78, 5) is 13.4. The smallest absolute Gasteiger partial charge is 0.267 e. The van der Waals surface area contributed by atoms with Crippen molar-refractivity contribution in [1.29, 1.82) is 0 Å². The van der Waals surface area contributed by atoms with Gasteiger partial charge < -0.3 is 0 Å². The Kier molecular flexibility index (Phi) is 5.07. The monoisotopic (exact) mass is 342 g/mol. The van der Waals surface area contributed by atoms with Crippen molar-refractivity contribution >= 4 is 35.4 Å². The first-order valence-corrected chi connectivity index (χ1v) is 7.85. The summed E-state index contributed by atoms with van der Waals surface area (Å²) in [5.74, 6) is -0.196. The second kappa shape index (κ2) is 7.41. The highest BCUT2D eigenvalue weighted by atomic mass is 32.2. The SMILES string of the molecule is CC1=NN(c2ccccc2)C(=O)/C1=C\c1ccccc1SOOO. The van der Waals surface area contributed by atoms with Crippen LogP contribution in [-0.4, -0.2) is 16.9 Å². The van der Waals surface area contributed by atoms with Gasteiger partial charge in [0.1, 0.15) is 0 Å². The van der Waals surface area contributed by atoms with E-state index in [1.807, 2.05) is 48.5 Å². The lowest BCUT2D eigenvalue weighted by Crippen LogP contribution is -2.21. The predicted molar refractivity (Wildman–Crippen MR) is 92.1 cm³/mol. The van der Waals surface area contributed by atoms with Crippen molar-refractivity contribution < 1.29 is 19.4 Å². The molecule has 0 bridgehead atoms. The fourth-order valence-corrected chi connectivity index (χ4v) is 2.77. The van der Waals surface area contributed by atoms with E-state index in [1.165, 1.54) is 5.01 Å². The molecule has 2 aromatic carbocycles. The number of benzene rings is 2. The van der Waals surface area contributed by atoms with Gasteiger partial charge in [-0.15, -0.1) is 4.33 Å². The third-order valence-corrected chi connectivity index (χ3v) is 4.12. The summed E-state index contributed by atoms with van der Waals surface area (Å²) < 4.78 is 4.49. The van der Waals surface area contributed by atoms with Gasteiger partial charge in [-0.05, 0) is 36.8 Å². The lowest BCUT2D eigenvalue weighted by Gasteiger charge is -2.11. The Morgan fingerprint density at radius 1 is 1.12 bits per heavy atom. The molecule has 0 atom stereocenters. The molecule has 24 heavy (non-hydrogen) atoms. The maximum absolute atomic E-state index is 12.7. The van der Waals surface area contributed by atoms with E-state index in [4.69, 9.17) is 5.26 Å². The van der Waals surface area contributed by atoms with Crippen LogP contribution in [-0.2, 0) is 14.2 Å². The zero-order valence-corrected chi connectivity index (χ0v) is 13.6. The molecule has 1 aliphatic heterocycles. The Morgan fingerprint density at radius 2 is 1.83 bits per heavy atom. The van der Waals surface area contributed by atoms with Gasteiger partial charge in [-0.3, -0.25) is 4.79 Å². The summed E-state index contributed by atoms with van der Waals surface area (Å²) >= 11 is 0.848. The predicted octanol–water partition coefficient (Wildman–Crippen LogP) is 3.92. The van der Waals surface area contributed by atoms with Gasteiger partial charge in [0.25, 0.3) is 5.91 Å². The number of hydrogen-bond donors (Lipinski definition) is 1. The summed E-state index contributed by atoms with van der Waals surface area (Å²) in [5.41, 5.74) is 2.59. The van der Waals surface area contributed by atoms with E-state index in [0.29, 0.717) is 21.9 Å². The van der Waals surface area contributed by atoms with Crippen molar-refractivity contribution in [3.63, 3.8) is 0 Å². The lowest BCUT2D eigenvalue weighted by molar-refractivity contribution is -0.432. The maximum Gasteiger partial charge on any atom is 0.280 e. The minimum absolute atomic E-state index is 0.196. The quantitative estimate of drug-likeness (QED) is 0.386. The number of nitrogens with zero attached hydrogens (tertiary/aromatic N) is 2. The minimum Gasteiger partial charge on any atom is -0.267 e. The standard InChI is InChI=1S/C17H14N2O4S/c1-12-15(11-13-7-5-6-10-16(13)24-23-22-21)17(20)19(18-12)14-8-3-2-4-9-14/h2-11,21H,1H3/b15-11-. The molecule has 0 spiro atoms. The van der Waals surface area contributed by atoms with E-state index in [9.17, 15) is 4.79 Å². The van der Waals surface area contributed by atoms with Gasteiger partial charge in [-0.25, -0.2) is 5.26 Å². The second-order valence-corrected chi connectivity index (χ2v) is 5.70. The number of amides is 1. The number of anilines is 1. The molecular formula is C17H14N2O4S. The van der Waals surface area contributed by atoms with Crippen molar-refractivity contribution in [3.8, 4) is 0 Å². The van der Waals surface area contributed by atoms with Crippen LogP contribution < -0.4 is 5.01 Å². The molecule has 1 aliphatic rings. The average molecular weight is 342 g/mol. The van der Waals surface area contributed by atoms with E-state index in [2.05, 4.69) is 14.5 Å². The fraction of sp³-hybridized carbons (Fsp3) is 0.0588. The summed E-state index contributed by atoms with van der Waals surface area (Å²) in [6.45, 7) is 1.79. The van der Waals surface area contributed by atoms with Crippen LogP contribution in [0.2, 0.25) is 0 Å². The molecule has 0 aromatic heterocycles. The van der Waals surface area contributed by atoms with Crippen molar-refractivity contribution in [2.45, 2.75) is 11.8 Å². The Hall–Kier alpha value is -2.45. The van der Waals surface area contributed by atoms with Crippen molar-refractivity contribution in [1.82, 2.24) is 0 Å². The van der Waals surface area contributed by atoms with Crippen LogP contribution >= 0.6 is 12.0 Å². The molecule has 0 aliphatic carbocycles. The van der Waals surface area contributed by atoms with Gasteiger partial charge >= 0.3 is 0 Å². The zero-order valence-electron chi connectivity index (χ0n) is 12.7. The Balaban J connectivity index is 1.92. The van der Waals surface area contributed by atoms with Gasteiger partial charge in [0.05, 0.1) is 29.0 Å². The Bertz CT molecular complexity index is 805. The summed E-state index contributed by atoms with van der Waals surface area (Å²) in [6.07, 6.45) is 1.74. The van der Waals surface area contributed by atoms with Crippen LogP contribution in [0.1, 0.15) is 12.5 Å². The first kappa shape index (κ1) is 16.4. The summed E-state index contributed by atoms with van der Waals surface area (Å²) in [6, 6.07) is 16.5. The van der Waals surface area contributed by atoms with Crippen molar-refractivity contribution in [2.75, 3.05) is 5.01 Å². The summed E-state index contributed by atoms with van der Waals surface area (Å²) in [7, 11) is 0. The van der Waals surface area contributed by atoms with Crippen LogP contribution in [0, 0.1) is 0 Å². The molecule has 1 amide bonds. The number of hydrogen-bond acceptors (Lipinski definition) is 6. The fourth-order valence-electron chi connectivity index (χ4n) is 2.31. The number of hydrazone groups is 1. The molecule has 3 rings (SSSR count). The average Bonchev–Trinajstić information content (AvgIpc) is 2.90. The molecule has 0 saturated heterocycles. The topological polar surface area (TPSA) is 71.4 Å². The van der Waals surface area contributed by atoms with Gasteiger partial charge in [-0.2, -0.15) is 10.1 Å². The normalized spacial score (nSPS) is 15.9. The molecule has 0 radical (unpaired) electrons. The number of rotatable bonds is 5. The summed E-state index contributed by atoms with van der Waals surface area (Å²) in [5, 5.41) is 17.7. The Labute approximate surface area is 143 Å². The third-order valence-electron chi connectivity index (χ3n) is 3.44. The number of para-hydroxylation sites is 1. The largest absolute Gasteiger partial charge is 0.280 e. The van der Waals surface area contributed by atoms with Crippen LogP contribution in [0.4, 0.5) is 5.69 Å². The maximum atomic E-state index is 12.7. The number of carbonyl (C=O) groups excluding carboxylic acids is 1. The molecule has 0 fully saturated rings. The van der Waals surface area contributed by atoms with E-state index in [1.54, 1.807) is 19.1 Å². The van der Waals surface area contributed by atoms with Crippen molar-refractivity contribution in [3.05, 3.63) is 65.7 Å². The third kappa shape index (κ3) is 3.39. The minimum atomic E-state index is -0.196. The molecule has 2 aromatic rings. The van der Waals surface area contributed by atoms with Gasteiger partial charge in [0, 0.05) is 4.90 Å². The highest BCUT2D eigenvalue weighted by Crippen LogP contribution is 2.29. The van der Waals surface area contributed by atoms with E-state index >= 15 is 0 Å². The van der Waals surface area contributed by atoms with Crippen LogP contribution in [0.15, 0.2) is 70.2 Å². The molecule has 7 heteroatoms. The van der Waals surface area contributed by atoms with Gasteiger partial charge in [0.15, 0.2) is 0 Å². The molecule has 1 heterocycles. The highest BCUT2D eigenvalue weighted by molar-refractivity contribution is 7.94. The van der Waals surface area contributed by atoms with E-state index in [-0.39, 0.29) is 5.91 Å². The van der Waals surface area contributed by atoms with Crippen LogP contribution in [0.5, 0.6) is 0 Å². The first-order valence-electron chi connectivity index (χ1n) is 7.11. The lowest BCUT2D eigenvalue weighted by atomic mass is 10.1. The zero-order chi connectivity index (χ0) is 16.9. The molecule has 122 valence electrons. The molecule has 0 saturated carbocycles. The van der Waals surface area contributed by atoms with Gasteiger partial charge in [-0.1, -0.05) is 41.4 Å². The second-order valence-electron chi connectivity index (χ2n) is 4.96. The van der Waals surface area contributed by atoms with E-state index < -0.39 is 0 Å². The molecule has 0 unspecified atom stereocenters. The number of carbonyl (C=O) groups is 1. The molecule has 6 nitrogen and oxygen atoms in total. The molecule has 1 N–H and O–H groups in total. The Morgan fingerprint density at radius 3 is 2.58 bits per heavy atom. The first-order chi connectivity index (χ1) is 11.7.